The van der Waals surface area contributed by atoms with Crippen LogP contribution < -0.4 is 11.1 Å². The molecule has 1 heterocycles. The third kappa shape index (κ3) is 3.63. The molecule has 1 fully saturated rings. The molecule has 1 aliphatic rings. The summed E-state index contributed by atoms with van der Waals surface area (Å²) in [5.41, 5.74) is 9.03. The Morgan fingerprint density at radius 1 is 1.29 bits per heavy atom. The summed E-state index contributed by atoms with van der Waals surface area (Å²) >= 11 is 0. The molecular formula is C14H23N3. The average Bonchev–Trinajstić information content (AvgIpc) is 2.82. The van der Waals surface area contributed by atoms with Gasteiger partial charge < -0.3 is 16.0 Å². The van der Waals surface area contributed by atoms with Crippen LogP contribution >= 0.6 is 0 Å². The van der Waals surface area contributed by atoms with E-state index in [1.54, 1.807) is 0 Å². The first kappa shape index (κ1) is 12.2. The SMILES string of the molecule is Cc1ccc(NCCCN2CCCC2)cc1N. The predicted molar refractivity (Wildman–Crippen MR) is 74.4 cm³/mol. The molecule has 0 aliphatic carbocycles. The Hall–Kier alpha value is -1.22. The minimum atomic E-state index is 0.870. The van der Waals surface area contributed by atoms with Crippen LogP contribution in [0.1, 0.15) is 24.8 Å². The van der Waals surface area contributed by atoms with Crippen molar-refractivity contribution in [1.82, 2.24) is 4.90 Å². The van der Waals surface area contributed by atoms with Crippen molar-refractivity contribution in [2.24, 2.45) is 0 Å². The van der Waals surface area contributed by atoms with Crippen molar-refractivity contribution in [1.29, 1.82) is 0 Å². The number of hydrogen-bond acceptors (Lipinski definition) is 3. The van der Waals surface area contributed by atoms with Gasteiger partial charge >= 0.3 is 0 Å². The number of aryl methyl sites for hydroxylation is 1. The second-order valence-electron chi connectivity index (χ2n) is 4.90. The first-order valence-electron chi connectivity index (χ1n) is 6.58. The zero-order valence-corrected chi connectivity index (χ0v) is 10.7. The molecule has 0 unspecified atom stereocenters. The fourth-order valence-electron chi connectivity index (χ4n) is 2.29. The van der Waals surface area contributed by atoms with E-state index in [2.05, 4.69) is 22.3 Å². The maximum atomic E-state index is 5.88. The van der Waals surface area contributed by atoms with Crippen LogP contribution in [0.3, 0.4) is 0 Å². The molecule has 0 bridgehead atoms. The molecule has 0 atom stereocenters. The van der Waals surface area contributed by atoms with Crippen molar-refractivity contribution in [3.63, 3.8) is 0 Å². The van der Waals surface area contributed by atoms with E-state index in [4.69, 9.17) is 5.73 Å². The summed E-state index contributed by atoms with van der Waals surface area (Å²) in [7, 11) is 0. The summed E-state index contributed by atoms with van der Waals surface area (Å²) in [4.78, 5) is 2.55. The topological polar surface area (TPSA) is 41.3 Å². The molecule has 0 radical (unpaired) electrons. The van der Waals surface area contributed by atoms with E-state index in [-0.39, 0.29) is 0 Å². The van der Waals surface area contributed by atoms with Gasteiger partial charge in [-0.3, -0.25) is 0 Å². The van der Waals surface area contributed by atoms with E-state index < -0.39 is 0 Å². The van der Waals surface area contributed by atoms with Gasteiger partial charge in [-0.15, -0.1) is 0 Å². The summed E-state index contributed by atoms with van der Waals surface area (Å²) in [5.74, 6) is 0. The third-order valence-corrected chi connectivity index (χ3v) is 3.46. The van der Waals surface area contributed by atoms with Gasteiger partial charge in [0.25, 0.3) is 0 Å². The van der Waals surface area contributed by atoms with Gasteiger partial charge in [0.15, 0.2) is 0 Å². The van der Waals surface area contributed by atoms with Gasteiger partial charge in [-0.2, -0.15) is 0 Å². The average molecular weight is 233 g/mol. The molecule has 0 aromatic heterocycles. The van der Waals surface area contributed by atoms with E-state index in [0.717, 1.165) is 23.5 Å². The predicted octanol–water partition coefficient (Wildman–Crippen LogP) is 2.48. The number of nitrogen functional groups attached to an aromatic ring is 1. The fourth-order valence-corrected chi connectivity index (χ4v) is 2.29. The summed E-state index contributed by atoms with van der Waals surface area (Å²) in [5, 5.41) is 3.43. The van der Waals surface area contributed by atoms with Crippen molar-refractivity contribution in [3.8, 4) is 0 Å². The molecule has 1 aliphatic heterocycles. The van der Waals surface area contributed by atoms with E-state index in [9.17, 15) is 0 Å². The van der Waals surface area contributed by atoms with Crippen molar-refractivity contribution < 1.29 is 0 Å². The second kappa shape index (κ2) is 5.92. The molecule has 94 valence electrons. The van der Waals surface area contributed by atoms with Gasteiger partial charge in [-0.25, -0.2) is 0 Å². The number of nitrogens with two attached hydrogens (primary N) is 1. The normalized spacial score (nSPS) is 16.3. The van der Waals surface area contributed by atoms with Gasteiger partial charge in [0.2, 0.25) is 0 Å². The van der Waals surface area contributed by atoms with Crippen LogP contribution in [0.25, 0.3) is 0 Å². The number of anilines is 2. The Bertz CT molecular complexity index is 356. The number of rotatable bonds is 5. The molecule has 1 aromatic rings. The van der Waals surface area contributed by atoms with Gasteiger partial charge in [-0.1, -0.05) is 6.07 Å². The zero-order valence-electron chi connectivity index (χ0n) is 10.7. The number of nitrogens with zero attached hydrogens (tertiary/aromatic N) is 1. The standard InChI is InChI=1S/C14H23N3/c1-12-5-6-13(11-14(12)15)16-7-4-10-17-8-2-3-9-17/h5-6,11,16H,2-4,7-10,15H2,1H3. The maximum Gasteiger partial charge on any atom is 0.0364 e. The Morgan fingerprint density at radius 2 is 2.06 bits per heavy atom. The third-order valence-electron chi connectivity index (χ3n) is 3.46. The van der Waals surface area contributed by atoms with Crippen molar-refractivity contribution in [2.45, 2.75) is 26.2 Å². The quantitative estimate of drug-likeness (QED) is 0.606. The summed E-state index contributed by atoms with van der Waals surface area (Å²) in [6.07, 6.45) is 3.96. The van der Waals surface area contributed by atoms with E-state index in [1.165, 1.54) is 38.9 Å². The molecule has 0 saturated carbocycles. The van der Waals surface area contributed by atoms with Gasteiger partial charge in [0.05, 0.1) is 0 Å². The molecule has 1 saturated heterocycles. The Balaban J connectivity index is 1.68. The first-order chi connectivity index (χ1) is 8.25. The first-order valence-corrected chi connectivity index (χ1v) is 6.58. The van der Waals surface area contributed by atoms with Gasteiger partial charge in [0.1, 0.15) is 0 Å². The van der Waals surface area contributed by atoms with Crippen LogP contribution in [-0.4, -0.2) is 31.1 Å². The Kier molecular flexibility index (Phi) is 4.26. The summed E-state index contributed by atoms with van der Waals surface area (Å²) in [6.45, 7) is 6.86. The highest BCUT2D eigenvalue weighted by molar-refractivity contribution is 5.58. The lowest BCUT2D eigenvalue weighted by Crippen LogP contribution is -2.22. The maximum absolute atomic E-state index is 5.88. The number of benzene rings is 1. The largest absolute Gasteiger partial charge is 0.398 e. The lowest BCUT2D eigenvalue weighted by atomic mass is 10.2. The van der Waals surface area contributed by atoms with Crippen molar-refractivity contribution in [2.75, 3.05) is 37.2 Å². The molecule has 0 amide bonds. The number of likely N-dealkylation sites (tertiary alicyclic amines) is 1. The van der Waals surface area contributed by atoms with Gasteiger partial charge in [0, 0.05) is 17.9 Å². The molecular weight excluding hydrogens is 210 g/mol. The zero-order chi connectivity index (χ0) is 12.1. The van der Waals surface area contributed by atoms with Crippen molar-refractivity contribution in [3.05, 3.63) is 23.8 Å². The minimum absolute atomic E-state index is 0.870. The lowest BCUT2D eigenvalue weighted by molar-refractivity contribution is 0.337. The van der Waals surface area contributed by atoms with Gasteiger partial charge in [-0.05, 0) is 63.5 Å². The molecule has 3 nitrogen and oxygen atoms in total. The molecule has 17 heavy (non-hydrogen) atoms. The van der Waals surface area contributed by atoms with E-state index in [1.807, 2.05) is 13.0 Å². The lowest BCUT2D eigenvalue weighted by Gasteiger charge is -2.15. The van der Waals surface area contributed by atoms with Crippen LogP contribution in [0.2, 0.25) is 0 Å². The van der Waals surface area contributed by atoms with E-state index >= 15 is 0 Å². The molecule has 3 N–H and O–H groups in total. The smallest absolute Gasteiger partial charge is 0.0364 e. The Morgan fingerprint density at radius 3 is 2.76 bits per heavy atom. The van der Waals surface area contributed by atoms with Crippen LogP contribution in [0.4, 0.5) is 11.4 Å². The van der Waals surface area contributed by atoms with Crippen LogP contribution in [0, 0.1) is 6.92 Å². The van der Waals surface area contributed by atoms with Crippen LogP contribution in [-0.2, 0) is 0 Å². The molecule has 2 rings (SSSR count). The summed E-state index contributed by atoms with van der Waals surface area (Å²) in [6, 6.07) is 6.19. The molecule has 1 aromatic carbocycles. The fraction of sp³-hybridized carbons (Fsp3) is 0.571. The highest BCUT2D eigenvalue weighted by atomic mass is 15.1. The highest BCUT2D eigenvalue weighted by Gasteiger charge is 2.09. The second-order valence-corrected chi connectivity index (χ2v) is 4.90. The Labute approximate surface area is 104 Å². The monoisotopic (exact) mass is 233 g/mol. The minimum Gasteiger partial charge on any atom is -0.398 e. The molecule has 3 heteroatoms. The summed E-state index contributed by atoms with van der Waals surface area (Å²) < 4.78 is 0. The van der Waals surface area contributed by atoms with E-state index in [0.29, 0.717) is 0 Å². The van der Waals surface area contributed by atoms with Crippen molar-refractivity contribution >= 4 is 11.4 Å². The molecule has 0 spiro atoms. The van der Waals surface area contributed by atoms with Crippen LogP contribution in [0.5, 0.6) is 0 Å². The number of nitrogens with one attached hydrogen (secondary N) is 1. The van der Waals surface area contributed by atoms with Crippen LogP contribution in [0.15, 0.2) is 18.2 Å². The number of hydrogen-bond donors (Lipinski definition) is 2. The highest BCUT2D eigenvalue weighted by Crippen LogP contribution is 2.16.